The van der Waals surface area contributed by atoms with Gasteiger partial charge in [0, 0.05) is 45.0 Å². The van der Waals surface area contributed by atoms with E-state index in [4.69, 9.17) is 4.99 Å². The second-order valence-electron chi connectivity index (χ2n) is 6.29. The van der Waals surface area contributed by atoms with Crippen LogP contribution in [-0.2, 0) is 24.9 Å². The molecule has 0 aromatic carbocycles. The lowest BCUT2D eigenvalue weighted by atomic mass is 10.3. The van der Waals surface area contributed by atoms with E-state index in [1.807, 2.05) is 29.5 Å². The number of aromatic nitrogens is 3. The molecule has 1 N–H and O–H groups in total. The van der Waals surface area contributed by atoms with Crippen molar-refractivity contribution >= 4 is 47.2 Å². The Kier molecular flexibility index (Phi) is 8.02. The number of rotatable bonds is 4. The van der Waals surface area contributed by atoms with E-state index in [0.29, 0.717) is 6.54 Å². The molecule has 0 saturated carbocycles. The molecule has 1 fully saturated rings. The number of hydrogen-bond acceptors (Lipinski definition) is 5. The van der Waals surface area contributed by atoms with Crippen LogP contribution in [0, 0.1) is 6.92 Å². The summed E-state index contributed by atoms with van der Waals surface area (Å²) >= 11 is 1.72. The summed E-state index contributed by atoms with van der Waals surface area (Å²) in [6, 6.07) is 4.15. The Morgan fingerprint density at radius 2 is 1.96 bits per heavy atom. The quantitative estimate of drug-likeness (QED) is 0.390. The smallest absolute Gasteiger partial charge is 0.219 e. The third kappa shape index (κ3) is 5.64. The van der Waals surface area contributed by atoms with E-state index in [1.165, 1.54) is 4.88 Å². The minimum Gasteiger partial charge on any atom is -0.351 e. The van der Waals surface area contributed by atoms with Crippen LogP contribution in [0.4, 0.5) is 0 Å². The molecule has 3 rings (SSSR count). The van der Waals surface area contributed by atoms with Crippen molar-refractivity contribution in [3.8, 4) is 0 Å². The molecular weight excluding hydrogens is 477 g/mol. The molecule has 1 aliphatic rings. The topological polar surface area (TPSA) is 78.7 Å². The lowest BCUT2D eigenvalue weighted by Crippen LogP contribution is -2.53. The largest absolute Gasteiger partial charge is 0.351 e. The van der Waals surface area contributed by atoms with E-state index in [1.54, 1.807) is 18.3 Å². The van der Waals surface area contributed by atoms with Gasteiger partial charge in [0.25, 0.3) is 0 Å². The standard InChI is InChI=1S/C17H25N7OS.HI/c1-13-20-21-16(22(13)3)12-19-17(18-11-15-5-4-10-26-15)24-8-6-23(7-9-24)14(2)25;/h4-5,10H,6-9,11-12H2,1-3H3,(H,18,19);1H. The minimum atomic E-state index is 0. The Bertz CT molecular complexity index is 766. The monoisotopic (exact) mass is 503 g/mol. The number of piperazine rings is 1. The second kappa shape index (κ2) is 10.0. The maximum Gasteiger partial charge on any atom is 0.219 e. The number of carbonyl (C=O) groups excluding carboxylic acids is 1. The maximum atomic E-state index is 11.6. The number of aryl methyl sites for hydroxylation is 1. The fourth-order valence-electron chi connectivity index (χ4n) is 2.81. The van der Waals surface area contributed by atoms with Crippen LogP contribution in [0.25, 0.3) is 0 Å². The molecular formula is C17H26IN7OS. The lowest BCUT2D eigenvalue weighted by Gasteiger charge is -2.36. The molecule has 0 atom stereocenters. The summed E-state index contributed by atoms with van der Waals surface area (Å²) < 4.78 is 1.95. The fraction of sp³-hybridized carbons (Fsp3) is 0.529. The summed E-state index contributed by atoms with van der Waals surface area (Å²) in [5, 5.41) is 13.8. The summed E-state index contributed by atoms with van der Waals surface area (Å²) in [4.78, 5) is 21.7. The number of hydrogen-bond donors (Lipinski definition) is 1. The molecule has 0 bridgehead atoms. The molecule has 8 nitrogen and oxygen atoms in total. The van der Waals surface area contributed by atoms with Gasteiger partial charge in [0.2, 0.25) is 5.91 Å². The molecule has 148 valence electrons. The van der Waals surface area contributed by atoms with Crippen LogP contribution in [0.2, 0.25) is 0 Å². The number of nitrogens with zero attached hydrogens (tertiary/aromatic N) is 6. The van der Waals surface area contributed by atoms with Gasteiger partial charge in [-0.3, -0.25) is 4.79 Å². The van der Waals surface area contributed by atoms with E-state index in [0.717, 1.165) is 50.3 Å². The third-order valence-corrected chi connectivity index (χ3v) is 5.45. The van der Waals surface area contributed by atoms with Crippen LogP contribution >= 0.6 is 35.3 Å². The lowest BCUT2D eigenvalue weighted by molar-refractivity contribution is -0.130. The predicted octanol–water partition coefficient (Wildman–Crippen LogP) is 1.61. The van der Waals surface area contributed by atoms with Crippen molar-refractivity contribution in [2.24, 2.45) is 12.0 Å². The van der Waals surface area contributed by atoms with E-state index < -0.39 is 0 Å². The van der Waals surface area contributed by atoms with Crippen LogP contribution in [-0.4, -0.2) is 62.6 Å². The SMILES string of the molecule is CC(=O)N1CCN(C(=NCc2nnc(C)n2C)NCc2cccs2)CC1.I. The molecule has 27 heavy (non-hydrogen) atoms. The van der Waals surface area contributed by atoms with Gasteiger partial charge in [-0.25, -0.2) is 4.99 Å². The average Bonchev–Trinajstić information content (AvgIpc) is 3.27. The van der Waals surface area contributed by atoms with Gasteiger partial charge in [0.15, 0.2) is 11.8 Å². The first-order valence-corrected chi connectivity index (χ1v) is 9.58. The molecule has 1 amide bonds. The predicted molar refractivity (Wildman–Crippen MR) is 117 cm³/mol. The second-order valence-corrected chi connectivity index (χ2v) is 7.32. The molecule has 0 unspecified atom stereocenters. The molecule has 0 radical (unpaired) electrons. The molecule has 2 aromatic heterocycles. The van der Waals surface area contributed by atoms with Crippen molar-refractivity contribution in [2.75, 3.05) is 26.2 Å². The summed E-state index contributed by atoms with van der Waals surface area (Å²) in [5.41, 5.74) is 0. The highest BCUT2D eigenvalue weighted by Crippen LogP contribution is 2.09. The van der Waals surface area contributed by atoms with Crippen LogP contribution in [0.1, 0.15) is 23.4 Å². The molecule has 10 heteroatoms. The highest BCUT2D eigenvalue weighted by Gasteiger charge is 2.21. The van der Waals surface area contributed by atoms with Crippen LogP contribution in [0.3, 0.4) is 0 Å². The molecule has 1 aliphatic heterocycles. The van der Waals surface area contributed by atoms with E-state index in [2.05, 4.69) is 31.9 Å². The molecule has 0 aliphatic carbocycles. The molecule has 3 heterocycles. The number of aliphatic imine (C=N–C) groups is 1. The molecule has 1 saturated heterocycles. The minimum absolute atomic E-state index is 0. The Hall–Kier alpha value is -1.69. The van der Waals surface area contributed by atoms with Gasteiger partial charge in [-0.1, -0.05) is 6.07 Å². The van der Waals surface area contributed by atoms with Gasteiger partial charge in [-0.2, -0.15) is 0 Å². The molecule has 0 spiro atoms. The van der Waals surface area contributed by atoms with Gasteiger partial charge < -0.3 is 19.7 Å². The van der Waals surface area contributed by atoms with E-state index >= 15 is 0 Å². The highest BCUT2D eigenvalue weighted by atomic mass is 127. The first kappa shape index (κ1) is 21.6. The Labute approximate surface area is 180 Å². The average molecular weight is 503 g/mol. The number of amides is 1. The summed E-state index contributed by atoms with van der Waals surface area (Å²) in [6.07, 6.45) is 0. The van der Waals surface area contributed by atoms with Crippen molar-refractivity contribution < 1.29 is 4.79 Å². The number of carbonyl (C=O) groups is 1. The van der Waals surface area contributed by atoms with Crippen molar-refractivity contribution in [3.63, 3.8) is 0 Å². The van der Waals surface area contributed by atoms with Crippen molar-refractivity contribution in [1.82, 2.24) is 29.9 Å². The maximum absolute atomic E-state index is 11.6. The summed E-state index contributed by atoms with van der Waals surface area (Å²) in [6.45, 7) is 7.74. The normalized spacial score (nSPS) is 14.9. The number of nitrogens with one attached hydrogen (secondary N) is 1. The Morgan fingerprint density at radius 1 is 1.26 bits per heavy atom. The van der Waals surface area contributed by atoms with Gasteiger partial charge in [-0.15, -0.1) is 45.5 Å². The van der Waals surface area contributed by atoms with Crippen molar-refractivity contribution in [3.05, 3.63) is 34.0 Å². The van der Waals surface area contributed by atoms with Gasteiger partial charge in [0.1, 0.15) is 12.4 Å². The summed E-state index contributed by atoms with van der Waals surface area (Å²) in [5.74, 6) is 2.69. The van der Waals surface area contributed by atoms with Crippen LogP contribution in [0.15, 0.2) is 22.5 Å². The van der Waals surface area contributed by atoms with E-state index in [9.17, 15) is 4.79 Å². The van der Waals surface area contributed by atoms with E-state index in [-0.39, 0.29) is 29.9 Å². The zero-order valence-electron chi connectivity index (χ0n) is 15.9. The summed E-state index contributed by atoms with van der Waals surface area (Å²) in [7, 11) is 1.95. The van der Waals surface area contributed by atoms with Gasteiger partial charge >= 0.3 is 0 Å². The first-order valence-electron chi connectivity index (χ1n) is 8.70. The molecule has 2 aromatic rings. The van der Waals surface area contributed by atoms with Crippen molar-refractivity contribution in [1.29, 1.82) is 0 Å². The van der Waals surface area contributed by atoms with Crippen molar-refractivity contribution in [2.45, 2.75) is 26.9 Å². The number of guanidine groups is 1. The van der Waals surface area contributed by atoms with Gasteiger partial charge in [-0.05, 0) is 18.4 Å². The zero-order chi connectivity index (χ0) is 18.5. The number of thiophene rings is 1. The van der Waals surface area contributed by atoms with Crippen LogP contribution in [0.5, 0.6) is 0 Å². The Morgan fingerprint density at radius 3 is 2.52 bits per heavy atom. The fourth-order valence-corrected chi connectivity index (χ4v) is 3.46. The zero-order valence-corrected chi connectivity index (χ0v) is 19.0. The number of halogens is 1. The first-order chi connectivity index (χ1) is 12.5. The Balaban J connectivity index is 0.00000261. The third-order valence-electron chi connectivity index (χ3n) is 4.58. The highest BCUT2D eigenvalue weighted by molar-refractivity contribution is 14.0. The van der Waals surface area contributed by atoms with Gasteiger partial charge in [0.05, 0.1) is 6.54 Å². The van der Waals surface area contributed by atoms with Crippen LogP contribution < -0.4 is 5.32 Å².